The topological polar surface area (TPSA) is 58.6 Å². The molecule has 32 heavy (non-hydrogen) atoms. The number of nitrogens with zero attached hydrogens (tertiary/aromatic N) is 1. The number of benzene rings is 3. The lowest BCUT2D eigenvalue weighted by Gasteiger charge is -2.29. The maximum absolute atomic E-state index is 13.3. The zero-order valence-corrected chi connectivity index (χ0v) is 19.8. The molecular weight excluding hydrogens is 488 g/mol. The fourth-order valence-corrected chi connectivity index (χ4v) is 4.96. The predicted molar refractivity (Wildman–Crippen MR) is 132 cm³/mol. The van der Waals surface area contributed by atoms with Gasteiger partial charge in [-0.2, -0.15) is 0 Å². The molecule has 7 heteroatoms. The van der Waals surface area contributed by atoms with E-state index in [-0.39, 0.29) is 18.4 Å². The number of fused-ring (bicyclic) bond motifs is 1. The first kappa shape index (κ1) is 22.2. The highest BCUT2D eigenvalue weighted by Crippen LogP contribution is 2.42. The van der Waals surface area contributed by atoms with E-state index in [0.717, 1.165) is 31.9 Å². The van der Waals surface area contributed by atoms with Gasteiger partial charge in [0.25, 0.3) is 5.91 Å². The molecule has 3 aromatic rings. The molecule has 1 heterocycles. The number of nitrogens with one attached hydrogen (secondary N) is 1. The summed E-state index contributed by atoms with van der Waals surface area (Å²) < 4.78 is 6.09. The number of thioether (sulfide) groups is 1. The van der Waals surface area contributed by atoms with Crippen LogP contribution in [-0.2, 0) is 16.1 Å². The van der Waals surface area contributed by atoms with Gasteiger partial charge in [0.1, 0.15) is 12.3 Å². The van der Waals surface area contributed by atoms with Gasteiger partial charge in [-0.05, 0) is 57.4 Å². The van der Waals surface area contributed by atoms with Crippen molar-refractivity contribution in [2.45, 2.75) is 11.4 Å². The average Bonchev–Trinajstić information content (AvgIpc) is 2.81. The van der Waals surface area contributed by atoms with E-state index in [1.807, 2.05) is 78.9 Å². The van der Waals surface area contributed by atoms with Gasteiger partial charge >= 0.3 is 0 Å². The van der Waals surface area contributed by atoms with Crippen LogP contribution in [0.3, 0.4) is 0 Å². The predicted octanol–water partition coefficient (Wildman–Crippen LogP) is 5.25. The quantitative estimate of drug-likeness (QED) is 0.461. The molecule has 0 saturated carbocycles. The Hall–Kier alpha value is -3.03. The molecule has 162 valence electrons. The maximum Gasteiger partial charge on any atom is 0.265 e. The van der Waals surface area contributed by atoms with E-state index in [9.17, 15) is 9.59 Å². The summed E-state index contributed by atoms with van der Waals surface area (Å²) in [6, 6.07) is 22.9. The number of methoxy groups -OCH3 is 1. The first-order chi connectivity index (χ1) is 15.5. The van der Waals surface area contributed by atoms with Crippen LogP contribution < -0.4 is 15.0 Å². The van der Waals surface area contributed by atoms with Crippen molar-refractivity contribution in [2.75, 3.05) is 18.6 Å². The number of para-hydroxylation sites is 1. The molecule has 0 aliphatic carbocycles. The number of carbonyl (C=O) groups excluding carboxylic acids is 2. The third-order valence-electron chi connectivity index (χ3n) is 4.94. The molecule has 0 spiro atoms. The lowest BCUT2D eigenvalue weighted by atomic mass is 10.2. The summed E-state index contributed by atoms with van der Waals surface area (Å²) in [5, 5.41) is 2.90. The van der Waals surface area contributed by atoms with Crippen LogP contribution in [0.25, 0.3) is 6.08 Å². The van der Waals surface area contributed by atoms with Gasteiger partial charge in [-0.3, -0.25) is 14.5 Å². The second-order valence-electron chi connectivity index (χ2n) is 7.13. The smallest absolute Gasteiger partial charge is 0.265 e. The van der Waals surface area contributed by atoms with Crippen LogP contribution in [0.15, 0.2) is 87.1 Å². The fourth-order valence-electron chi connectivity index (χ4n) is 3.34. The number of ether oxygens (including phenoxy) is 1. The van der Waals surface area contributed by atoms with Gasteiger partial charge in [-0.15, -0.1) is 0 Å². The fraction of sp³-hybridized carbons (Fsp3) is 0.120. The van der Waals surface area contributed by atoms with Gasteiger partial charge in [0.05, 0.1) is 22.2 Å². The zero-order chi connectivity index (χ0) is 22.5. The van der Waals surface area contributed by atoms with Crippen molar-refractivity contribution in [3.8, 4) is 5.75 Å². The first-order valence-corrected chi connectivity index (χ1v) is 11.6. The molecule has 0 radical (unpaired) electrons. The molecule has 0 bridgehead atoms. The Morgan fingerprint density at radius 3 is 2.59 bits per heavy atom. The Morgan fingerprint density at radius 2 is 1.84 bits per heavy atom. The highest BCUT2D eigenvalue weighted by Gasteiger charge is 2.30. The first-order valence-electron chi connectivity index (χ1n) is 10.00. The molecule has 1 N–H and O–H groups in total. The van der Waals surface area contributed by atoms with E-state index in [1.165, 1.54) is 16.7 Å². The summed E-state index contributed by atoms with van der Waals surface area (Å²) in [6.07, 6.45) is 1.84. The largest absolute Gasteiger partial charge is 0.496 e. The van der Waals surface area contributed by atoms with Crippen LogP contribution in [0.1, 0.15) is 11.1 Å². The van der Waals surface area contributed by atoms with Crippen molar-refractivity contribution < 1.29 is 14.3 Å². The Labute approximate surface area is 199 Å². The maximum atomic E-state index is 13.3. The third-order valence-corrected chi connectivity index (χ3v) is 6.64. The lowest BCUT2D eigenvalue weighted by molar-refractivity contribution is -0.122. The van der Waals surface area contributed by atoms with E-state index in [1.54, 1.807) is 7.11 Å². The van der Waals surface area contributed by atoms with Crippen molar-refractivity contribution in [3.05, 3.63) is 93.3 Å². The van der Waals surface area contributed by atoms with Crippen LogP contribution in [0.4, 0.5) is 5.69 Å². The summed E-state index contributed by atoms with van der Waals surface area (Å²) in [6.45, 7) is 0.369. The van der Waals surface area contributed by atoms with E-state index in [2.05, 4.69) is 21.2 Å². The monoisotopic (exact) mass is 508 g/mol. The number of rotatable bonds is 6. The van der Waals surface area contributed by atoms with Gasteiger partial charge < -0.3 is 10.1 Å². The van der Waals surface area contributed by atoms with Gasteiger partial charge in [0.2, 0.25) is 5.91 Å². The molecule has 4 rings (SSSR count). The van der Waals surface area contributed by atoms with Crippen LogP contribution in [-0.4, -0.2) is 25.5 Å². The molecule has 0 aromatic heterocycles. The number of amides is 2. The van der Waals surface area contributed by atoms with Crippen molar-refractivity contribution in [1.29, 1.82) is 0 Å². The second-order valence-corrected chi connectivity index (χ2v) is 9.06. The standard InChI is InChI=1S/C25H21BrN2O3S/c1-31-21-12-11-18(13-19(21)26)14-23-25(30)28(20-9-5-6-10-22(20)32-23)16-24(29)27-15-17-7-3-2-4-8-17/h2-14H,15-16H2,1H3,(H,27,29). The number of anilines is 1. The van der Waals surface area contributed by atoms with E-state index in [0.29, 0.717) is 11.4 Å². The summed E-state index contributed by atoms with van der Waals surface area (Å²) in [4.78, 5) is 29.0. The highest BCUT2D eigenvalue weighted by molar-refractivity contribution is 9.10. The van der Waals surface area contributed by atoms with Gasteiger partial charge in [0.15, 0.2) is 0 Å². The van der Waals surface area contributed by atoms with Crippen molar-refractivity contribution in [2.24, 2.45) is 0 Å². The van der Waals surface area contributed by atoms with Crippen molar-refractivity contribution in [1.82, 2.24) is 5.32 Å². The summed E-state index contributed by atoms with van der Waals surface area (Å²) in [5.74, 6) is 0.308. The van der Waals surface area contributed by atoms with E-state index >= 15 is 0 Å². The van der Waals surface area contributed by atoms with Crippen LogP contribution >= 0.6 is 27.7 Å². The molecule has 1 aliphatic rings. The minimum atomic E-state index is -0.213. The Balaban J connectivity index is 1.56. The Kier molecular flexibility index (Phi) is 6.97. The zero-order valence-electron chi connectivity index (χ0n) is 17.4. The van der Waals surface area contributed by atoms with Gasteiger partial charge in [0, 0.05) is 11.4 Å². The summed E-state index contributed by atoms with van der Waals surface area (Å²) in [7, 11) is 1.61. The minimum absolute atomic E-state index is 0.0487. The second kappa shape index (κ2) is 10.1. The normalized spacial score (nSPS) is 14.2. The molecule has 1 aliphatic heterocycles. The number of hydrogen-bond donors (Lipinski definition) is 1. The average molecular weight is 509 g/mol. The minimum Gasteiger partial charge on any atom is -0.496 e. The van der Waals surface area contributed by atoms with Gasteiger partial charge in [-0.1, -0.05) is 60.3 Å². The number of hydrogen-bond acceptors (Lipinski definition) is 4. The molecule has 0 fully saturated rings. The molecule has 3 aromatic carbocycles. The van der Waals surface area contributed by atoms with Crippen LogP contribution in [0.5, 0.6) is 5.75 Å². The molecular formula is C25H21BrN2O3S. The molecule has 5 nitrogen and oxygen atoms in total. The molecule has 0 atom stereocenters. The van der Waals surface area contributed by atoms with Crippen molar-refractivity contribution >= 4 is 51.3 Å². The molecule has 0 saturated heterocycles. The van der Waals surface area contributed by atoms with Crippen molar-refractivity contribution in [3.63, 3.8) is 0 Å². The summed E-state index contributed by atoms with van der Waals surface area (Å²) in [5.41, 5.74) is 2.61. The Bertz CT molecular complexity index is 1180. The van der Waals surface area contributed by atoms with E-state index < -0.39 is 0 Å². The highest BCUT2D eigenvalue weighted by atomic mass is 79.9. The number of carbonyl (C=O) groups is 2. The van der Waals surface area contributed by atoms with Crippen LogP contribution in [0.2, 0.25) is 0 Å². The summed E-state index contributed by atoms with van der Waals surface area (Å²) >= 11 is 4.89. The lowest BCUT2D eigenvalue weighted by Crippen LogP contribution is -2.42. The molecule has 0 unspecified atom stereocenters. The van der Waals surface area contributed by atoms with E-state index in [4.69, 9.17) is 4.74 Å². The van der Waals surface area contributed by atoms with Crippen LogP contribution in [0, 0.1) is 0 Å². The number of halogens is 1. The third kappa shape index (κ3) is 5.06. The SMILES string of the molecule is COc1ccc(C=C2Sc3ccccc3N(CC(=O)NCc3ccccc3)C2=O)cc1Br. The molecule has 2 amide bonds. The van der Waals surface area contributed by atoms with Gasteiger partial charge in [-0.25, -0.2) is 0 Å². The Morgan fingerprint density at radius 1 is 1.09 bits per heavy atom.